The van der Waals surface area contributed by atoms with Gasteiger partial charge in [0.1, 0.15) is 48.3 Å². The number of tetrazole rings is 1. The number of hydrogen-bond acceptors (Lipinski definition) is 18. The molecular weight excluding hydrogens is 977 g/mol. The largest absolute Gasteiger partial charge is 0.480 e. The van der Waals surface area contributed by atoms with Gasteiger partial charge in [-0.05, 0) is 53.8 Å². The number of benzene rings is 2. The number of fused-ring (bicyclic) bond motifs is 1. The number of aliphatic hydroxyl groups excluding tert-OH is 4. The minimum absolute atomic E-state index is 0.0184. The number of amides is 7. The molecule has 2 aromatic heterocycles. The van der Waals surface area contributed by atoms with Crippen molar-refractivity contribution in [3.8, 4) is 0 Å². The first kappa shape index (κ1) is 58.3. The smallest absolute Gasteiger partial charge is 0.328 e. The van der Waals surface area contributed by atoms with Crippen molar-refractivity contribution in [2.45, 2.75) is 107 Å². The summed E-state index contributed by atoms with van der Waals surface area (Å²) in [6.45, 7) is 3.54. The second-order valence-corrected chi connectivity index (χ2v) is 18.4. The maximum Gasteiger partial charge on any atom is 0.328 e. The fourth-order valence-corrected chi connectivity index (χ4v) is 8.02. The molecule has 0 spiro atoms. The number of hydrogen-bond donors (Lipinski definition) is 16. The number of carbonyl (C=O) groups excluding carboxylic acids is 7. The van der Waals surface area contributed by atoms with E-state index in [1.54, 1.807) is 44.3 Å². The van der Waals surface area contributed by atoms with Crippen molar-refractivity contribution in [2.75, 3.05) is 30.8 Å². The van der Waals surface area contributed by atoms with Crippen LogP contribution in [0.5, 0.6) is 0 Å². The lowest BCUT2D eigenvalue weighted by Gasteiger charge is -2.28. The molecule has 0 bridgehead atoms. The molecule has 0 unspecified atom stereocenters. The van der Waals surface area contributed by atoms with E-state index in [4.69, 9.17) is 5.73 Å². The summed E-state index contributed by atoms with van der Waals surface area (Å²) in [6.07, 6.45) is -1.46. The second-order valence-electron chi connectivity index (χ2n) is 17.4. The van der Waals surface area contributed by atoms with Gasteiger partial charge in [0, 0.05) is 41.6 Å². The van der Waals surface area contributed by atoms with E-state index in [9.17, 15) is 63.9 Å². The quantitative estimate of drug-likeness (QED) is 0.0236. The zero-order valence-corrected chi connectivity index (χ0v) is 41.2. The summed E-state index contributed by atoms with van der Waals surface area (Å²) in [7, 11) is 0. The average molecular weight is 1040 g/mol. The number of thioether (sulfide) groups is 1. The van der Waals surface area contributed by atoms with Crippen molar-refractivity contribution >= 4 is 75.9 Å². The fraction of sp³-hybridized carbons (Fsp3) is 0.489. The number of carboxylic acids is 1. The SMILES string of the molecule is CC(C)C[C@H](NC(=O)[C@@H](N)[C@@H](C)O)C(=O)N[C@@H](CSCc1ccccc1)C(=O)N[C@H](C(=O)N[C@@H](Cc1c[nH]c2ccccc12)C(=O)N[C@@H](CO)C(=O)N[C@@H](CO)C(=O)N[C@@H](CNc1nnn[nH]1)C(=O)O)[C@@H](C)O. The van der Waals surface area contributed by atoms with E-state index in [1.165, 1.54) is 25.6 Å². The van der Waals surface area contributed by atoms with Crippen molar-refractivity contribution in [1.82, 2.24) is 62.8 Å². The lowest BCUT2D eigenvalue weighted by Crippen LogP contribution is -2.63. The molecule has 0 saturated heterocycles. The predicted molar refractivity (Wildman–Crippen MR) is 263 cm³/mol. The molecule has 4 rings (SSSR count). The Labute approximate surface area is 422 Å². The van der Waals surface area contributed by atoms with E-state index < -0.39 is 128 Å². The number of carbonyl (C=O) groups is 8. The third-order valence-electron chi connectivity index (χ3n) is 11.1. The first-order valence-electron chi connectivity index (χ1n) is 23.1. The third kappa shape index (κ3) is 18.1. The monoisotopic (exact) mass is 1040 g/mol. The number of anilines is 1. The number of aliphatic carboxylic acids is 1. The number of aromatic nitrogens is 5. The summed E-state index contributed by atoms with van der Waals surface area (Å²) in [6, 6.07) is 3.61. The molecule has 0 radical (unpaired) electrons. The van der Waals surface area contributed by atoms with Crippen LogP contribution < -0.4 is 48.3 Å². The van der Waals surface area contributed by atoms with E-state index in [2.05, 4.69) is 68.1 Å². The van der Waals surface area contributed by atoms with Gasteiger partial charge in [0.15, 0.2) is 0 Å². The van der Waals surface area contributed by atoms with Crippen LogP contribution in [-0.2, 0) is 50.5 Å². The maximum absolute atomic E-state index is 14.2. The molecule has 0 aliphatic rings. The van der Waals surface area contributed by atoms with Gasteiger partial charge < -0.3 is 78.8 Å². The van der Waals surface area contributed by atoms with Crippen LogP contribution in [0.4, 0.5) is 5.95 Å². The van der Waals surface area contributed by atoms with E-state index in [-0.39, 0.29) is 30.5 Å². The van der Waals surface area contributed by atoms with Gasteiger partial charge in [0.2, 0.25) is 47.3 Å². The standard InChI is InChI=1S/C45H64N14O13S/c1-22(2)14-29(49-42(69)35(46)23(3)62)37(64)54-34(21-73-20-25-10-6-5-7-11-25)41(68)55-36(24(4)63)43(70)50-30(15-26-16-47-28-13-9-8-12-27(26)28)38(65)52-33(19-61)40(67)53-32(18-60)39(66)51-31(44(71)72)17-48-45-56-58-59-57-45/h5-13,16,22-24,29-36,47,60-63H,14-15,17-21,46H2,1-4H3,(H,49,69)(H,50,70)(H,51,66)(H,52,65)(H,53,67)(H,54,64)(H,55,68)(H,71,72)(H2,48,56,57,58,59)/t23-,24-,29+,30+,31+,32+,33+,34+,35+,36+/m1/s1. The molecule has 2 heterocycles. The Kier molecular flexibility index (Phi) is 22.9. The minimum atomic E-state index is -1.83. The molecule has 28 heteroatoms. The first-order valence-corrected chi connectivity index (χ1v) is 24.2. The Balaban J connectivity index is 1.56. The highest BCUT2D eigenvalue weighted by Gasteiger charge is 2.36. The van der Waals surface area contributed by atoms with Crippen LogP contribution in [0, 0.1) is 5.92 Å². The van der Waals surface area contributed by atoms with Gasteiger partial charge in [-0.3, -0.25) is 33.6 Å². The van der Waals surface area contributed by atoms with Gasteiger partial charge >= 0.3 is 5.97 Å². The average Bonchev–Trinajstić information content (AvgIpc) is 4.04. The number of H-pyrrole nitrogens is 2. The normalized spacial score (nSPS) is 15.4. The molecule has 398 valence electrons. The molecule has 0 fully saturated rings. The van der Waals surface area contributed by atoms with Crippen LogP contribution in [0.3, 0.4) is 0 Å². The second kappa shape index (κ2) is 28.7. The van der Waals surface area contributed by atoms with E-state index in [0.29, 0.717) is 22.2 Å². The highest BCUT2D eigenvalue weighted by molar-refractivity contribution is 7.98. The van der Waals surface area contributed by atoms with Gasteiger partial charge in [-0.2, -0.15) is 11.8 Å². The Morgan fingerprint density at radius 2 is 1.21 bits per heavy atom. The summed E-state index contributed by atoms with van der Waals surface area (Å²) >= 11 is 1.26. The van der Waals surface area contributed by atoms with Crippen LogP contribution in [0.1, 0.15) is 45.2 Å². The Hall–Kier alpha value is -7.24. The lowest BCUT2D eigenvalue weighted by atomic mass is 10.0. The molecule has 0 saturated carbocycles. The molecule has 27 nitrogen and oxygen atoms in total. The van der Waals surface area contributed by atoms with E-state index in [0.717, 1.165) is 5.56 Å². The van der Waals surface area contributed by atoms with Gasteiger partial charge in [0.05, 0.1) is 25.4 Å². The number of carboxylic acid groups (broad SMARTS) is 1. The van der Waals surface area contributed by atoms with Gasteiger partial charge in [-0.25, -0.2) is 9.89 Å². The van der Waals surface area contributed by atoms with Crippen molar-refractivity contribution in [3.63, 3.8) is 0 Å². The molecule has 17 N–H and O–H groups in total. The predicted octanol–water partition coefficient (Wildman–Crippen LogP) is -4.13. The highest BCUT2D eigenvalue weighted by atomic mass is 32.2. The fourth-order valence-electron chi connectivity index (χ4n) is 7.00. The van der Waals surface area contributed by atoms with Crippen molar-refractivity contribution in [3.05, 3.63) is 71.9 Å². The summed E-state index contributed by atoms with van der Waals surface area (Å²) in [4.78, 5) is 111. The summed E-state index contributed by atoms with van der Waals surface area (Å²) in [5.41, 5.74) is 7.88. The number of aliphatic hydroxyl groups is 4. The number of nitrogens with one attached hydrogen (secondary N) is 10. The molecular formula is C45H64N14O13S. The number of para-hydroxylation sites is 1. The Morgan fingerprint density at radius 1 is 0.658 bits per heavy atom. The first-order chi connectivity index (χ1) is 34.7. The topological polar surface area (TPSA) is 430 Å². The van der Waals surface area contributed by atoms with Crippen LogP contribution in [0.25, 0.3) is 10.9 Å². The number of nitrogens with two attached hydrogens (primary N) is 1. The molecule has 10 atom stereocenters. The van der Waals surface area contributed by atoms with Crippen LogP contribution >= 0.6 is 11.8 Å². The minimum Gasteiger partial charge on any atom is -0.480 e. The van der Waals surface area contributed by atoms with Gasteiger partial charge in [-0.1, -0.05) is 67.5 Å². The summed E-state index contributed by atoms with van der Waals surface area (Å²) in [5, 5.41) is 83.4. The number of nitrogens with zero attached hydrogens (tertiary/aromatic N) is 3. The zero-order chi connectivity index (χ0) is 53.8. The van der Waals surface area contributed by atoms with Crippen molar-refractivity contribution in [1.29, 1.82) is 0 Å². The van der Waals surface area contributed by atoms with Crippen molar-refractivity contribution in [2.24, 2.45) is 11.7 Å². The van der Waals surface area contributed by atoms with Crippen LogP contribution in [0.15, 0.2) is 60.8 Å². The molecule has 0 aliphatic heterocycles. The highest BCUT2D eigenvalue weighted by Crippen LogP contribution is 2.20. The third-order valence-corrected chi connectivity index (χ3v) is 12.2. The van der Waals surface area contributed by atoms with Crippen LogP contribution in [-0.4, -0.2) is 185 Å². The Morgan fingerprint density at radius 3 is 1.78 bits per heavy atom. The number of rotatable bonds is 30. The molecule has 2 aromatic carbocycles. The van der Waals surface area contributed by atoms with Gasteiger partial charge in [0.25, 0.3) is 0 Å². The lowest BCUT2D eigenvalue weighted by molar-refractivity contribution is -0.142. The maximum atomic E-state index is 14.2. The van der Waals surface area contributed by atoms with E-state index in [1.807, 2.05) is 30.3 Å². The van der Waals surface area contributed by atoms with Crippen molar-refractivity contribution < 1.29 is 63.9 Å². The molecule has 4 aromatic rings. The van der Waals surface area contributed by atoms with E-state index >= 15 is 0 Å². The van der Waals surface area contributed by atoms with Gasteiger partial charge in [-0.15, -0.1) is 0 Å². The molecule has 73 heavy (non-hydrogen) atoms. The number of aromatic amines is 2. The summed E-state index contributed by atoms with van der Waals surface area (Å²) in [5.74, 6) is -8.36. The molecule has 0 aliphatic carbocycles. The Bertz CT molecular complexity index is 2460. The zero-order valence-electron chi connectivity index (χ0n) is 40.4. The summed E-state index contributed by atoms with van der Waals surface area (Å²) < 4.78 is 0. The van der Waals surface area contributed by atoms with Crippen LogP contribution in [0.2, 0.25) is 0 Å². The molecule has 7 amide bonds.